The van der Waals surface area contributed by atoms with Crippen molar-refractivity contribution >= 4 is 23.2 Å². The Bertz CT molecular complexity index is 1050. The molecule has 0 saturated heterocycles. The second kappa shape index (κ2) is 16.2. The number of nitrogens with one attached hydrogen (secondary N) is 2. The fraction of sp³-hybridized carbons (Fsp3) is 0.500. The number of fused-ring (bicyclic) bond motifs is 2. The molecule has 0 aliphatic carbocycles. The van der Waals surface area contributed by atoms with Gasteiger partial charge in [0.05, 0.1) is 16.7 Å². The first-order chi connectivity index (χ1) is 17.6. The Kier molecular flexibility index (Phi) is 13.3. The van der Waals surface area contributed by atoms with Crippen LogP contribution in [0, 0.1) is 0 Å². The number of aromatic nitrogens is 1. The van der Waals surface area contributed by atoms with E-state index in [4.69, 9.17) is 4.98 Å². The van der Waals surface area contributed by atoms with Crippen LogP contribution in [0.3, 0.4) is 0 Å². The van der Waals surface area contributed by atoms with Gasteiger partial charge in [-0.15, -0.1) is 11.3 Å². The van der Waals surface area contributed by atoms with Gasteiger partial charge in [0.15, 0.2) is 0 Å². The lowest BCUT2D eigenvalue weighted by molar-refractivity contribution is -0.121. The molecular weight excluding hydrogens is 480 g/mol. The smallest absolute Gasteiger partial charge is 0.244 e. The number of likely N-dealkylation sites (N-methyl/N-ethyl adjacent to an activating group) is 1. The molecule has 0 fully saturated rings. The van der Waals surface area contributed by atoms with Gasteiger partial charge in [-0.25, -0.2) is 4.98 Å². The van der Waals surface area contributed by atoms with E-state index in [1.807, 2.05) is 19.9 Å². The van der Waals surface area contributed by atoms with E-state index >= 15 is 0 Å². The normalized spacial score (nSPS) is 22.6. The first-order valence-electron chi connectivity index (χ1n) is 13.2. The first kappa shape index (κ1) is 30.5. The molecule has 37 heavy (non-hydrogen) atoms. The molecule has 7 heteroatoms. The predicted octanol–water partition coefficient (Wildman–Crippen LogP) is 5.30. The van der Waals surface area contributed by atoms with E-state index in [1.54, 1.807) is 23.5 Å². The minimum atomic E-state index is -0.166. The van der Waals surface area contributed by atoms with E-state index in [2.05, 4.69) is 73.2 Å². The summed E-state index contributed by atoms with van der Waals surface area (Å²) in [5.41, 5.74) is 4.45. The summed E-state index contributed by atoms with van der Waals surface area (Å²) < 4.78 is 0. The van der Waals surface area contributed by atoms with Crippen LogP contribution in [0.2, 0.25) is 0 Å². The molecular formula is C30H44N4O2S. The van der Waals surface area contributed by atoms with Gasteiger partial charge in [-0.3, -0.25) is 9.59 Å². The third-order valence-corrected chi connectivity index (χ3v) is 6.84. The van der Waals surface area contributed by atoms with Crippen molar-refractivity contribution in [3.8, 4) is 0 Å². The molecule has 1 aliphatic heterocycles. The van der Waals surface area contributed by atoms with Gasteiger partial charge in [-0.1, -0.05) is 53.2 Å². The van der Waals surface area contributed by atoms with Crippen molar-refractivity contribution in [3.05, 3.63) is 75.3 Å². The second-order valence-corrected chi connectivity index (χ2v) is 11.2. The Hall–Kier alpha value is -2.77. The maximum atomic E-state index is 12.7. The molecule has 2 atom stereocenters. The highest BCUT2D eigenvalue weighted by Crippen LogP contribution is 2.16. The largest absolute Gasteiger partial charge is 0.353 e. The molecule has 6 nitrogen and oxygen atoms in total. The number of allylic oxidation sites excluding steroid dienone is 6. The number of nitrogens with zero attached hydrogens (tertiary/aromatic N) is 2. The maximum absolute atomic E-state index is 12.7. The zero-order chi connectivity index (χ0) is 27.2. The number of aryl methyl sites for hydroxylation is 1. The van der Waals surface area contributed by atoms with Crippen molar-refractivity contribution in [2.24, 2.45) is 0 Å². The molecule has 0 aromatic carbocycles. The lowest BCUT2D eigenvalue weighted by Gasteiger charge is -2.14. The number of hydrogen-bond acceptors (Lipinski definition) is 5. The molecule has 0 spiro atoms. The Balaban J connectivity index is 2.21. The molecule has 1 aromatic rings. The van der Waals surface area contributed by atoms with Crippen LogP contribution in [0.25, 0.3) is 0 Å². The topological polar surface area (TPSA) is 74.3 Å². The summed E-state index contributed by atoms with van der Waals surface area (Å²) in [6.07, 6.45) is 18.3. The summed E-state index contributed by atoms with van der Waals surface area (Å²) in [7, 11) is 4.10. The minimum Gasteiger partial charge on any atom is -0.353 e. The SMILES string of the molecule is CC1=C/C=C\C(=O)NC(/C=C(C)/C=C/C(C)=C/CN(C)C)Cc2nc(cs2)CCCCC(=O)N[C@@H](C)C1. The number of amides is 2. The lowest BCUT2D eigenvalue weighted by atomic mass is 10.1. The fourth-order valence-electron chi connectivity index (χ4n) is 4.00. The molecule has 2 heterocycles. The van der Waals surface area contributed by atoms with Gasteiger partial charge < -0.3 is 15.5 Å². The third-order valence-electron chi connectivity index (χ3n) is 5.92. The first-order valence-corrected chi connectivity index (χ1v) is 14.0. The van der Waals surface area contributed by atoms with Gasteiger partial charge in [-0.2, -0.15) is 0 Å². The Morgan fingerprint density at radius 2 is 1.84 bits per heavy atom. The van der Waals surface area contributed by atoms with E-state index in [0.29, 0.717) is 12.8 Å². The van der Waals surface area contributed by atoms with E-state index < -0.39 is 0 Å². The highest BCUT2D eigenvalue weighted by Gasteiger charge is 2.13. The highest BCUT2D eigenvalue weighted by molar-refractivity contribution is 7.09. The molecule has 2 bridgehead atoms. The van der Waals surface area contributed by atoms with Crippen molar-refractivity contribution in [1.29, 1.82) is 0 Å². The molecule has 1 unspecified atom stereocenters. The molecule has 1 aromatic heterocycles. The van der Waals surface area contributed by atoms with E-state index in [0.717, 1.165) is 54.1 Å². The summed E-state index contributed by atoms with van der Waals surface area (Å²) in [4.78, 5) is 31.9. The van der Waals surface area contributed by atoms with Gasteiger partial charge in [-0.05, 0) is 67.5 Å². The second-order valence-electron chi connectivity index (χ2n) is 10.3. The summed E-state index contributed by atoms with van der Waals surface area (Å²) in [5, 5.41) is 9.31. The third kappa shape index (κ3) is 13.4. The van der Waals surface area contributed by atoms with E-state index in [-0.39, 0.29) is 23.9 Å². The van der Waals surface area contributed by atoms with E-state index in [1.165, 1.54) is 5.57 Å². The minimum absolute atomic E-state index is 0.0565. The van der Waals surface area contributed by atoms with Crippen LogP contribution in [0.5, 0.6) is 0 Å². The Labute approximate surface area is 227 Å². The molecule has 0 radical (unpaired) electrons. The van der Waals surface area contributed by atoms with Crippen LogP contribution >= 0.6 is 11.3 Å². The molecule has 2 amide bonds. The summed E-state index contributed by atoms with van der Waals surface area (Å²) >= 11 is 1.63. The van der Waals surface area contributed by atoms with Crippen molar-refractivity contribution in [3.63, 3.8) is 0 Å². The zero-order valence-corrected chi connectivity index (χ0v) is 24.2. The lowest BCUT2D eigenvalue weighted by Crippen LogP contribution is -2.34. The van der Waals surface area contributed by atoms with Gasteiger partial charge in [0, 0.05) is 36.9 Å². The Morgan fingerprint density at radius 3 is 2.59 bits per heavy atom. The number of carbonyl (C=O) groups is 2. The van der Waals surface area contributed by atoms with Crippen LogP contribution in [0.1, 0.15) is 64.1 Å². The van der Waals surface area contributed by atoms with Crippen LogP contribution in [0.15, 0.2) is 64.6 Å². The zero-order valence-electron chi connectivity index (χ0n) is 23.3. The molecule has 202 valence electrons. The number of rotatable bonds is 5. The number of carbonyl (C=O) groups excluding carboxylic acids is 2. The van der Waals surface area contributed by atoms with Gasteiger partial charge in [0.1, 0.15) is 0 Å². The summed E-state index contributed by atoms with van der Waals surface area (Å²) in [5.74, 6) is -0.0466. The Morgan fingerprint density at radius 1 is 1.11 bits per heavy atom. The summed E-state index contributed by atoms with van der Waals surface area (Å²) in [6.45, 7) is 9.08. The fourth-order valence-corrected chi connectivity index (χ4v) is 4.89. The van der Waals surface area contributed by atoms with E-state index in [9.17, 15) is 9.59 Å². The average molecular weight is 525 g/mol. The highest BCUT2D eigenvalue weighted by atomic mass is 32.1. The predicted molar refractivity (Wildman–Crippen MR) is 156 cm³/mol. The number of hydrogen-bond donors (Lipinski definition) is 2. The van der Waals surface area contributed by atoms with Gasteiger partial charge >= 0.3 is 0 Å². The molecule has 1 aliphatic rings. The van der Waals surface area contributed by atoms with Crippen molar-refractivity contribution in [1.82, 2.24) is 20.5 Å². The number of thiazole rings is 1. The van der Waals surface area contributed by atoms with Crippen LogP contribution in [-0.2, 0) is 22.4 Å². The molecule has 2 N–H and O–H groups in total. The van der Waals surface area contributed by atoms with Crippen molar-refractivity contribution < 1.29 is 9.59 Å². The van der Waals surface area contributed by atoms with Gasteiger partial charge in [0.2, 0.25) is 11.8 Å². The standard InChI is InChI=1S/C30H44N4O2S/c1-22(16-17-34(5)6)14-15-24(3)19-27-20-30-33-26(21-37-30)11-7-8-12-28(35)31-25(4)18-23(2)10-9-13-29(36)32-27/h9-10,13-16,19,21,25,27H,7-8,11-12,17-18,20H2,1-6H3,(H,31,35)(H,32,36)/b13-9-,15-14+,22-16+,23-10?,24-19+/t25-,27?/m0/s1. The quantitative estimate of drug-likeness (QED) is 0.513. The molecule has 2 rings (SSSR count). The molecule has 0 saturated carbocycles. The van der Waals surface area contributed by atoms with Crippen LogP contribution in [-0.4, -0.2) is 54.4 Å². The summed E-state index contributed by atoms with van der Waals surface area (Å²) in [6, 6.07) is -0.109. The van der Waals surface area contributed by atoms with Crippen LogP contribution in [0.4, 0.5) is 0 Å². The van der Waals surface area contributed by atoms with Crippen molar-refractivity contribution in [2.45, 2.75) is 78.3 Å². The van der Waals surface area contributed by atoms with Crippen LogP contribution < -0.4 is 10.6 Å². The van der Waals surface area contributed by atoms with Gasteiger partial charge in [0.25, 0.3) is 0 Å². The van der Waals surface area contributed by atoms with Crippen molar-refractivity contribution in [2.75, 3.05) is 20.6 Å². The monoisotopic (exact) mass is 524 g/mol. The maximum Gasteiger partial charge on any atom is 0.244 e. The average Bonchev–Trinajstić information content (AvgIpc) is 3.25.